The third kappa shape index (κ3) is 3.66. The molecule has 7 nitrogen and oxygen atoms in total. The fourth-order valence-corrected chi connectivity index (χ4v) is 4.39. The molecule has 29 heavy (non-hydrogen) atoms. The molecule has 2 aromatic carbocycles. The van der Waals surface area contributed by atoms with Gasteiger partial charge in [0.15, 0.2) is 0 Å². The number of aromatic nitrogens is 4. The van der Waals surface area contributed by atoms with Crippen LogP contribution in [0.5, 0.6) is 0 Å². The Balaban J connectivity index is 1.62. The molecule has 2 aromatic heterocycles. The number of aryl methyl sites for hydroxylation is 2. The predicted molar refractivity (Wildman–Crippen MR) is 113 cm³/mol. The largest absolute Gasteiger partial charge is 0.345 e. The summed E-state index contributed by atoms with van der Waals surface area (Å²) in [5.41, 5.74) is 4.79. The second-order valence-corrected chi connectivity index (χ2v) is 8.50. The van der Waals surface area contributed by atoms with Crippen LogP contribution in [-0.2, 0) is 17.1 Å². The first-order valence-corrected chi connectivity index (χ1v) is 10.6. The Hall–Kier alpha value is -3.39. The normalized spacial score (nSPS) is 11.6. The maximum absolute atomic E-state index is 12.8. The Bertz CT molecular complexity index is 1260. The molecule has 0 bridgehead atoms. The maximum atomic E-state index is 12.8. The van der Waals surface area contributed by atoms with Crippen LogP contribution in [0.3, 0.4) is 0 Å². The van der Waals surface area contributed by atoms with E-state index in [1.807, 2.05) is 31.2 Å². The Labute approximate surface area is 169 Å². The van der Waals surface area contributed by atoms with Crippen molar-refractivity contribution in [2.45, 2.75) is 18.7 Å². The fourth-order valence-electron chi connectivity index (χ4n) is 3.21. The Morgan fingerprint density at radius 3 is 2.34 bits per heavy atom. The Morgan fingerprint density at radius 2 is 1.72 bits per heavy atom. The van der Waals surface area contributed by atoms with Gasteiger partial charge < -0.3 is 4.98 Å². The number of H-pyrrole nitrogens is 1. The number of imidazole rings is 1. The minimum atomic E-state index is -3.71. The van der Waals surface area contributed by atoms with Crippen molar-refractivity contribution in [1.29, 1.82) is 0 Å². The molecule has 0 atom stereocenters. The summed E-state index contributed by atoms with van der Waals surface area (Å²) in [4.78, 5) is 7.56. The van der Waals surface area contributed by atoms with E-state index >= 15 is 0 Å². The van der Waals surface area contributed by atoms with Gasteiger partial charge in [0.2, 0.25) is 0 Å². The van der Waals surface area contributed by atoms with Gasteiger partial charge in [-0.3, -0.25) is 9.40 Å². The van der Waals surface area contributed by atoms with Gasteiger partial charge >= 0.3 is 0 Å². The Kier molecular flexibility index (Phi) is 4.71. The molecule has 0 saturated carbocycles. The average molecular weight is 407 g/mol. The van der Waals surface area contributed by atoms with E-state index in [2.05, 4.69) is 19.8 Å². The van der Waals surface area contributed by atoms with Crippen molar-refractivity contribution in [1.82, 2.24) is 19.7 Å². The molecule has 148 valence electrons. The van der Waals surface area contributed by atoms with Crippen molar-refractivity contribution in [3.8, 4) is 22.5 Å². The lowest BCUT2D eigenvalue weighted by atomic mass is 10.0. The Morgan fingerprint density at radius 1 is 1.00 bits per heavy atom. The van der Waals surface area contributed by atoms with Crippen LogP contribution in [0.1, 0.15) is 11.4 Å². The van der Waals surface area contributed by atoms with Crippen molar-refractivity contribution in [2.24, 2.45) is 7.05 Å². The third-order valence-corrected chi connectivity index (χ3v) is 6.24. The van der Waals surface area contributed by atoms with Crippen LogP contribution in [-0.4, -0.2) is 28.2 Å². The molecule has 4 aromatic rings. The lowest BCUT2D eigenvalue weighted by Crippen LogP contribution is -2.14. The molecule has 0 unspecified atom stereocenters. The van der Waals surface area contributed by atoms with Crippen molar-refractivity contribution < 1.29 is 8.42 Å². The van der Waals surface area contributed by atoms with Gasteiger partial charge in [-0.25, -0.2) is 13.4 Å². The summed E-state index contributed by atoms with van der Waals surface area (Å²) in [7, 11) is -1.92. The van der Waals surface area contributed by atoms with Gasteiger partial charge in [-0.05, 0) is 43.2 Å². The lowest BCUT2D eigenvalue weighted by molar-refractivity contribution is 0.601. The van der Waals surface area contributed by atoms with Crippen molar-refractivity contribution in [3.63, 3.8) is 0 Å². The summed E-state index contributed by atoms with van der Waals surface area (Å²) in [6, 6.07) is 14.8. The first-order valence-electron chi connectivity index (χ1n) is 9.08. The van der Waals surface area contributed by atoms with E-state index < -0.39 is 10.0 Å². The number of hydrogen-bond donors (Lipinski definition) is 2. The second kappa shape index (κ2) is 7.21. The van der Waals surface area contributed by atoms with Gasteiger partial charge in [-0.2, -0.15) is 5.10 Å². The van der Waals surface area contributed by atoms with E-state index in [4.69, 9.17) is 0 Å². The van der Waals surface area contributed by atoms with E-state index in [-0.39, 0.29) is 4.90 Å². The van der Waals surface area contributed by atoms with E-state index in [0.29, 0.717) is 11.4 Å². The van der Waals surface area contributed by atoms with Crippen LogP contribution in [0.2, 0.25) is 0 Å². The highest BCUT2D eigenvalue weighted by Crippen LogP contribution is 2.27. The molecule has 2 N–H and O–H groups in total. The first kappa shape index (κ1) is 18.9. The standard InChI is InChI=1S/C21H21N5O2S/c1-14-20(15(2)26(3)24-14)25-29(27,28)19-9-7-16(8-10-19)17-5-4-6-18(13-17)21-22-11-12-23-21/h4-13,25H,1-3H3,(H,22,23). The van der Waals surface area contributed by atoms with Crippen molar-refractivity contribution >= 4 is 15.7 Å². The summed E-state index contributed by atoms with van der Waals surface area (Å²) in [5, 5.41) is 4.25. The monoisotopic (exact) mass is 407 g/mol. The highest BCUT2D eigenvalue weighted by Gasteiger charge is 2.19. The van der Waals surface area contributed by atoms with Gasteiger partial charge in [0.25, 0.3) is 10.0 Å². The molecule has 0 saturated heterocycles. The maximum Gasteiger partial charge on any atom is 0.262 e. The van der Waals surface area contributed by atoms with Gasteiger partial charge in [0.1, 0.15) is 5.82 Å². The third-order valence-electron chi connectivity index (χ3n) is 4.88. The average Bonchev–Trinajstić information content (AvgIpc) is 3.33. The SMILES string of the molecule is Cc1nn(C)c(C)c1NS(=O)(=O)c1ccc(-c2cccc(-c3ncc[nH]3)c2)cc1. The molecular weight excluding hydrogens is 386 g/mol. The van der Waals surface area contributed by atoms with Crippen LogP contribution in [0.25, 0.3) is 22.5 Å². The quantitative estimate of drug-likeness (QED) is 0.525. The van der Waals surface area contributed by atoms with Gasteiger partial charge in [-0.1, -0.05) is 30.3 Å². The number of benzene rings is 2. The number of nitrogens with zero attached hydrogens (tertiary/aromatic N) is 3. The number of anilines is 1. The summed E-state index contributed by atoms with van der Waals surface area (Å²) >= 11 is 0. The van der Waals surface area contributed by atoms with E-state index in [1.165, 1.54) is 0 Å². The van der Waals surface area contributed by atoms with Crippen molar-refractivity contribution in [3.05, 3.63) is 72.3 Å². The topological polar surface area (TPSA) is 92.7 Å². The minimum Gasteiger partial charge on any atom is -0.345 e. The molecule has 4 rings (SSSR count). The summed E-state index contributed by atoms with van der Waals surface area (Å²) in [5.74, 6) is 0.789. The van der Waals surface area contributed by atoms with Gasteiger partial charge in [0, 0.05) is 25.0 Å². The number of hydrogen-bond acceptors (Lipinski definition) is 4. The highest BCUT2D eigenvalue weighted by molar-refractivity contribution is 7.92. The van der Waals surface area contributed by atoms with E-state index in [0.717, 1.165) is 28.2 Å². The van der Waals surface area contributed by atoms with Crippen molar-refractivity contribution in [2.75, 3.05) is 4.72 Å². The number of sulfonamides is 1. The van der Waals surface area contributed by atoms with E-state index in [9.17, 15) is 8.42 Å². The molecule has 0 aliphatic heterocycles. The van der Waals surface area contributed by atoms with E-state index in [1.54, 1.807) is 55.3 Å². The zero-order valence-electron chi connectivity index (χ0n) is 16.3. The molecule has 0 aliphatic carbocycles. The molecule has 0 fully saturated rings. The van der Waals surface area contributed by atoms with Gasteiger partial charge in [0.05, 0.1) is 22.0 Å². The smallest absolute Gasteiger partial charge is 0.262 e. The predicted octanol–water partition coefficient (Wildman–Crippen LogP) is 3.89. The zero-order chi connectivity index (χ0) is 20.6. The minimum absolute atomic E-state index is 0.200. The first-order chi connectivity index (χ1) is 13.8. The fraction of sp³-hybridized carbons (Fsp3) is 0.143. The van der Waals surface area contributed by atoms with Crippen LogP contribution >= 0.6 is 0 Å². The van der Waals surface area contributed by atoms with Gasteiger partial charge in [-0.15, -0.1) is 0 Å². The van der Waals surface area contributed by atoms with Crippen LogP contribution in [0.15, 0.2) is 65.8 Å². The molecule has 0 amide bonds. The summed E-state index contributed by atoms with van der Waals surface area (Å²) < 4.78 is 29.9. The highest BCUT2D eigenvalue weighted by atomic mass is 32.2. The number of rotatable bonds is 5. The lowest BCUT2D eigenvalue weighted by Gasteiger charge is -2.10. The molecule has 2 heterocycles. The molecule has 0 spiro atoms. The molecule has 8 heteroatoms. The summed E-state index contributed by atoms with van der Waals surface area (Å²) in [6.45, 7) is 3.60. The van der Waals surface area contributed by atoms with Crippen LogP contribution < -0.4 is 4.72 Å². The summed E-state index contributed by atoms with van der Waals surface area (Å²) in [6.07, 6.45) is 3.49. The van der Waals surface area contributed by atoms with Crippen LogP contribution in [0, 0.1) is 13.8 Å². The number of aromatic amines is 1. The number of nitrogens with one attached hydrogen (secondary N) is 2. The molecule has 0 radical (unpaired) electrons. The molecular formula is C21H21N5O2S. The van der Waals surface area contributed by atoms with Crippen LogP contribution in [0.4, 0.5) is 5.69 Å². The second-order valence-electron chi connectivity index (χ2n) is 6.82. The zero-order valence-corrected chi connectivity index (χ0v) is 17.2. The molecule has 0 aliphatic rings.